The van der Waals surface area contributed by atoms with Crippen molar-refractivity contribution < 1.29 is 18.0 Å². The predicted octanol–water partition coefficient (Wildman–Crippen LogP) is 0.996. The first-order chi connectivity index (χ1) is 10.9. The highest BCUT2D eigenvalue weighted by molar-refractivity contribution is 7.91. The first-order valence-electron chi connectivity index (χ1n) is 7.41. The monoisotopic (exact) mass is 356 g/mol. The molecule has 124 valence electrons. The van der Waals surface area contributed by atoms with Gasteiger partial charge in [-0.2, -0.15) is 0 Å². The molecule has 8 heteroatoms. The summed E-state index contributed by atoms with van der Waals surface area (Å²) in [6, 6.07) is 6.64. The number of carbonyl (C=O) groups is 2. The Balaban J connectivity index is 1.66. The Kier molecular flexibility index (Phi) is 4.33. The fraction of sp³-hybridized carbons (Fsp3) is 0.467. The van der Waals surface area contributed by atoms with Gasteiger partial charge < -0.3 is 10.2 Å². The topological polar surface area (TPSA) is 83.5 Å². The van der Waals surface area contributed by atoms with Gasteiger partial charge >= 0.3 is 0 Å². The van der Waals surface area contributed by atoms with Crippen molar-refractivity contribution in [3.63, 3.8) is 0 Å². The normalized spacial score (nSPS) is 26.5. The summed E-state index contributed by atoms with van der Waals surface area (Å²) in [5, 5.41) is 3.22. The van der Waals surface area contributed by atoms with Crippen LogP contribution < -0.4 is 10.2 Å². The number of hydrogen-bond acceptors (Lipinski definition) is 4. The summed E-state index contributed by atoms with van der Waals surface area (Å²) >= 11 is 6.10. The molecule has 2 aliphatic heterocycles. The van der Waals surface area contributed by atoms with Gasteiger partial charge in [0.25, 0.3) is 0 Å². The number of rotatable bonds is 3. The van der Waals surface area contributed by atoms with Gasteiger partial charge in [0.2, 0.25) is 11.8 Å². The standard InChI is InChI=1S/C15H17ClN2O4S/c16-12-3-1-2-4-13(12)18-8-10(7-14(18)19)15(20)17-11-5-6-23(21,22)9-11/h1-4,10-11H,5-9H2,(H,17,20). The van der Waals surface area contributed by atoms with Crippen LogP contribution in [0.4, 0.5) is 5.69 Å². The number of anilines is 1. The average molecular weight is 357 g/mol. The molecule has 2 aliphatic rings. The minimum absolute atomic E-state index is 0.0202. The van der Waals surface area contributed by atoms with Crippen LogP contribution in [0.3, 0.4) is 0 Å². The molecule has 1 aromatic rings. The van der Waals surface area contributed by atoms with Crippen molar-refractivity contribution in [3.8, 4) is 0 Å². The molecule has 0 bridgehead atoms. The maximum Gasteiger partial charge on any atom is 0.227 e. The number of carbonyl (C=O) groups excluding carboxylic acids is 2. The predicted molar refractivity (Wildman–Crippen MR) is 87.1 cm³/mol. The Morgan fingerprint density at radius 2 is 2.04 bits per heavy atom. The summed E-state index contributed by atoms with van der Waals surface area (Å²) in [5.41, 5.74) is 0.595. The fourth-order valence-corrected chi connectivity index (χ4v) is 4.93. The van der Waals surface area contributed by atoms with Gasteiger partial charge in [-0.25, -0.2) is 8.42 Å². The molecule has 2 unspecified atom stereocenters. The van der Waals surface area contributed by atoms with Crippen molar-refractivity contribution in [2.45, 2.75) is 18.9 Å². The van der Waals surface area contributed by atoms with E-state index in [1.807, 2.05) is 0 Å². The second-order valence-corrected chi connectivity index (χ2v) is 8.60. The van der Waals surface area contributed by atoms with E-state index >= 15 is 0 Å². The van der Waals surface area contributed by atoms with Crippen LogP contribution in [0.5, 0.6) is 0 Å². The van der Waals surface area contributed by atoms with E-state index in [9.17, 15) is 18.0 Å². The molecule has 6 nitrogen and oxygen atoms in total. The van der Waals surface area contributed by atoms with E-state index in [0.717, 1.165) is 0 Å². The van der Waals surface area contributed by atoms with Crippen molar-refractivity contribution in [3.05, 3.63) is 29.3 Å². The molecular weight excluding hydrogens is 340 g/mol. The molecule has 0 aromatic heterocycles. The lowest BCUT2D eigenvalue weighted by atomic mass is 10.1. The van der Waals surface area contributed by atoms with Crippen LogP contribution in [0.2, 0.25) is 5.02 Å². The summed E-state index contributed by atoms with van der Waals surface area (Å²) in [6.07, 6.45) is 0.541. The van der Waals surface area contributed by atoms with E-state index in [1.54, 1.807) is 24.3 Å². The van der Waals surface area contributed by atoms with Crippen molar-refractivity contribution in [1.82, 2.24) is 5.32 Å². The van der Waals surface area contributed by atoms with Crippen LogP contribution in [-0.2, 0) is 19.4 Å². The number of nitrogens with one attached hydrogen (secondary N) is 1. The number of hydrogen-bond donors (Lipinski definition) is 1. The zero-order valence-corrected chi connectivity index (χ0v) is 13.9. The summed E-state index contributed by atoms with van der Waals surface area (Å²) in [7, 11) is -3.04. The lowest BCUT2D eigenvalue weighted by Gasteiger charge is -2.18. The molecule has 2 heterocycles. The van der Waals surface area contributed by atoms with E-state index in [4.69, 9.17) is 11.6 Å². The second kappa shape index (κ2) is 6.13. The summed E-state index contributed by atoms with van der Waals surface area (Å²) in [6.45, 7) is 0.258. The SMILES string of the molecule is O=C(NC1CCS(=O)(=O)C1)C1CC(=O)N(c2ccccc2Cl)C1. The molecule has 0 aliphatic carbocycles. The van der Waals surface area contributed by atoms with E-state index in [0.29, 0.717) is 17.1 Å². The van der Waals surface area contributed by atoms with Gasteiger partial charge in [-0.05, 0) is 18.6 Å². The van der Waals surface area contributed by atoms with Crippen LogP contribution >= 0.6 is 11.6 Å². The second-order valence-electron chi connectivity index (χ2n) is 5.97. The highest BCUT2D eigenvalue weighted by atomic mass is 35.5. The van der Waals surface area contributed by atoms with Gasteiger partial charge in [0, 0.05) is 19.0 Å². The maximum absolute atomic E-state index is 12.3. The van der Waals surface area contributed by atoms with E-state index < -0.39 is 15.8 Å². The minimum atomic E-state index is -3.04. The Morgan fingerprint density at radius 3 is 2.70 bits per heavy atom. The van der Waals surface area contributed by atoms with Crippen molar-refractivity contribution in [1.29, 1.82) is 0 Å². The van der Waals surface area contributed by atoms with Crippen molar-refractivity contribution in [2.75, 3.05) is 23.0 Å². The van der Waals surface area contributed by atoms with Gasteiger partial charge in [0.1, 0.15) is 0 Å². The number of para-hydroxylation sites is 1. The zero-order valence-electron chi connectivity index (χ0n) is 12.4. The van der Waals surface area contributed by atoms with Gasteiger partial charge in [-0.3, -0.25) is 9.59 Å². The molecule has 2 fully saturated rings. The van der Waals surface area contributed by atoms with Gasteiger partial charge in [0.15, 0.2) is 9.84 Å². The average Bonchev–Trinajstić information content (AvgIpc) is 3.02. The number of nitrogens with zero attached hydrogens (tertiary/aromatic N) is 1. The highest BCUT2D eigenvalue weighted by Gasteiger charge is 2.38. The molecule has 0 radical (unpaired) electrons. The lowest BCUT2D eigenvalue weighted by Crippen LogP contribution is -2.40. The Bertz CT molecular complexity index is 750. The third-order valence-corrected chi connectivity index (χ3v) is 6.31. The molecule has 1 aromatic carbocycles. The number of benzene rings is 1. The first-order valence-corrected chi connectivity index (χ1v) is 9.61. The molecule has 2 atom stereocenters. The maximum atomic E-state index is 12.3. The van der Waals surface area contributed by atoms with Crippen LogP contribution in [0.15, 0.2) is 24.3 Å². The number of halogens is 1. The van der Waals surface area contributed by atoms with E-state index in [2.05, 4.69) is 5.32 Å². The summed E-state index contributed by atoms with van der Waals surface area (Å²) < 4.78 is 22.9. The van der Waals surface area contributed by atoms with E-state index in [1.165, 1.54) is 4.90 Å². The molecule has 0 saturated carbocycles. The smallest absolute Gasteiger partial charge is 0.227 e. The Labute approximate surface area is 139 Å². The molecule has 2 saturated heterocycles. The van der Waals surface area contributed by atoms with Gasteiger partial charge in [0.05, 0.1) is 28.1 Å². The van der Waals surface area contributed by atoms with Gasteiger partial charge in [-0.15, -0.1) is 0 Å². The van der Waals surface area contributed by atoms with Crippen LogP contribution in [0, 0.1) is 5.92 Å². The Morgan fingerprint density at radius 1 is 1.30 bits per heavy atom. The Hall–Kier alpha value is -1.60. The quantitative estimate of drug-likeness (QED) is 0.875. The van der Waals surface area contributed by atoms with Crippen molar-refractivity contribution >= 4 is 38.9 Å². The molecule has 1 N–H and O–H groups in total. The van der Waals surface area contributed by atoms with Crippen LogP contribution in [-0.4, -0.2) is 44.3 Å². The highest BCUT2D eigenvalue weighted by Crippen LogP contribution is 2.31. The summed E-state index contributed by atoms with van der Waals surface area (Å²) in [4.78, 5) is 26.0. The number of amides is 2. The first kappa shape index (κ1) is 16.3. The molecule has 3 rings (SSSR count). The molecule has 0 spiro atoms. The van der Waals surface area contributed by atoms with Crippen LogP contribution in [0.1, 0.15) is 12.8 Å². The third kappa shape index (κ3) is 3.50. The summed E-state index contributed by atoms with van der Waals surface area (Å²) in [5.74, 6) is -0.824. The van der Waals surface area contributed by atoms with Crippen LogP contribution in [0.25, 0.3) is 0 Å². The zero-order chi connectivity index (χ0) is 16.6. The van der Waals surface area contributed by atoms with E-state index in [-0.39, 0.29) is 42.3 Å². The fourth-order valence-electron chi connectivity index (χ4n) is 3.01. The van der Waals surface area contributed by atoms with Crippen molar-refractivity contribution in [2.24, 2.45) is 5.92 Å². The molecule has 2 amide bonds. The molecular formula is C15H17ClN2O4S. The number of sulfone groups is 1. The minimum Gasteiger partial charge on any atom is -0.352 e. The van der Waals surface area contributed by atoms with Gasteiger partial charge in [-0.1, -0.05) is 23.7 Å². The lowest BCUT2D eigenvalue weighted by molar-refractivity contribution is -0.126. The third-order valence-electron chi connectivity index (χ3n) is 4.22. The molecule has 23 heavy (non-hydrogen) atoms. The largest absolute Gasteiger partial charge is 0.352 e.